The van der Waals surface area contributed by atoms with Crippen molar-refractivity contribution in [3.63, 3.8) is 0 Å². The van der Waals surface area contributed by atoms with Gasteiger partial charge in [0.15, 0.2) is 6.10 Å². The predicted molar refractivity (Wildman–Crippen MR) is 57.4 cm³/mol. The van der Waals surface area contributed by atoms with Crippen LogP contribution < -0.4 is 5.73 Å². The Labute approximate surface area is 102 Å². The average Bonchev–Trinajstić information content (AvgIpc) is 2.25. The van der Waals surface area contributed by atoms with Crippen LogP contribution in [0.4, 0.5) is 13.2 Å². The summed E-state index contributed by atoms with van der Waals surface area (Å²) in [6, 6.07) is 5.67. The summed E-state index contributed by atoms with van der Waals surface area (Å²) in [5, 5.41) is 17.7. The molecular formula is C10H10ClF3N2O. The summed E-state index contributed by atoms with van der Waals surface area (Å²) in [5.74, 6) is 0. The van der Waals surface area contributed by atoms with Gasteiger partial charge in [0.2, 0.25) is 0 Å². The number of halogens is 4. The quantitative estimate of drug-likeness (QED) is 0.859. The van der Waals surface area contributed by atoms with Crippen LogP contribution in [0.2, 0.25) is 0 Å². The molecule has 1 aromatic carbocycles. The molecule has 7 heteroatoms. The molecule has 0 heterocycles. The minimum Gasteiger partial charge on any atom is -0.382 e. The summed E-state index contributed by atoms with van der Waals surface area (Å²) in [6.45, 7) is 0. The average molecular weight is 267 g/mol. The van der Waals surface area contributed by atoms with E-state index in [-0.39, 0.29) is 23.5 Å². The number of rotatable bonds is 2. The molecule has 0 aliphatic carbocycles. The fourth-order valence-electron chi connectivity index (χ4n) is 1.26. The minimum absolute atomic E-state index is 0. The molecule has 3 nitrogen and oxygen atoms in total. The van der Waals surface area contributed by atoms with Crippen LogP contribution in [-0.4, -0.2) is 17.4 Å². The Hall–Kier alpha value is -1.29. The molecule has 17 heavy (non-hydrogen) atoms. The Morgan fingerprint density at radius 1 is 1.29 bits per heavy atom. The summed E-state index contributed by atoms with van der Waals surface area (Å²) in [7, 11) is 0. The predicted octanol–water partition coefficient (Wildman–Crippen LogP) is 1.90. The van der Waals surface area contributed by atoms with E-state index in [0.29, 0.717) is 0 Å². The van der Waals surface area contributed by atoms with E-state index in [1.807, 2.05) is 0 Å². The van der Waals surface area contributed by atoms with E-state index < -0.39 is 18.3 Å². The van der Waals surface area contributed by atoms with Gasteiger partial charge in [-0.25, -0.2) is 0 Å². The maximum Gasteiger partial charge on any atom is 0.416 e. The van der Waals surface area contributed by atoms with Gasteiger partial charge in [0, 0.05) is 0 Å². The van der Waals surface area contributed by atoms with Crippen LogP contribution in [0.25, 0.3) is 0 Å². The van der Waals surface area contributed by atoms with E-state index in [2.05, 4.69) is 0 Å². The maximum absolute atomic E-state index is 12.2. The topological polar surface area (TPSA) is 70.0 Å². The van der Waals surface area contributed by atoms with Gasteiger partial charge in [0.05, 0.1) is 17.7 Å². The SMILES string of the molecule is Cl.N#Cc1ccccc1[C@@H](N)[C@@H](O)C(F)(F)F. The van der Waals surface area contributed by atoms with Crippen LogP contribution in [0.5, 0.6) is 0 Å². The standard InChI is InChI=1S/C10H9F3N2O.ClH/c11-10(12,13)9(16)8(15)7-4-2-1-3-6(7)5-14;/h1-4,8-9,16H,15H2;1H/t8-,9-;/m1./s1. The van der Waals surface area contributed by atoms with E-state index in [9.17, 15) is 13.2 Å². The Balaban J connectivity index is 0.00000256. The van der Waals surface area contributed by atoms with E-state index in [4.69, 9.17) is 16.1 Å². The third kappa shape index (κ3) is 3.60. The van der Waals surface area contributed by atoms with Crippen molar-refractivity contribution in [2.45, 2.75) is 18.3 Å². The second kappa shape index (κ2) is 5.87. The Bertz CT molecular complexity index is 417. The molecule has 0 spiro atoms. The van der Waals surface area contributed by atoms with E-state index in [1.165, 1.54) is 24.3 Å². The van der Waals surface area contributed by atoms with Gasteiger partial charge < -0.3 is 10.8 Å². The first kappa shape index (κ1) is 15.7. The zero-order valence-electron chi connectivity index (χ0n) is 8.48. The summed E-state index contributed by atoms with van der Waals surface area (Å²) >= 11 is 0. The van der Waals surface area contributed by atoms with Crippen LogP contribution in [-0.2, 0) is 0 Å². The Morgan fingerprint density at radius 3 is 2.29 bits per heavy atom. The third-order valence-electron chi connectivity index (χ3n) is 2.12. The van der Waals surface area contributed by atoms with Crippen molar-refractivity contribution in [2.75, 3.05) is 0 Å². The van der Waals surface area contributed by atoms with Gasteiger partial charge in [-0.1, -0.05) is 18.2 Å². The molecule has 94 valence electrons. The molecule has 1 rings (SSSR count). The normalized spacial score (nSPS) is 14.4. The maximum atomic E-state index is 12.2. The molecule has 0 saturated heterocycles. The van der Waals surface area contributed by atoms with Crippen molar-refractivity contribution in [3.05, 3.63) is 35.4 Å². The van der Waals surface area contributed by atoms with Gasteiger partial charge in [-0.2, -0.15) is 18.4 Å². The van der Waals surface area contributed by atoms with Crippen molar-refractivity contribution < 1.29 is 18.3 Å². The number of hydrogen-bond donors (Lipinski definition) is 2. The lowest BCUT2D eigenvalue weighted by Crippen LogP contribution is -2.39. The highest BCUT2D eigenvalue weighted by atomic mass is 35.5. The highest BCUT2D eigenvalue weighted by molar-refractivity contribution is 5.85. The first-order valence-electron chi connectivity index (χ1n) is 4.37. The number of aliphatic hydroxyl groups is 1. The lowest BCUT2D eigenvalue weighted by atomic mass is 9.97. The molecule has 0 fully saturated rings. The van der Waals surface area contributed by atoms with Gasteiger partial charge in [0.25, 0.3) is 0 Å². The van der Waals surface area contributed by atoms with Crippen molar-refractivity contribution in [1.82, 2.24) is 0 Å². The van der Waals surface area contributed by atoms with Crippen molar-refractivity contribution in [2.24, 2.45) is 5.73 Å². The Morgan fingerprint density at radius 2 is 1.82 bits per heavy atom. The van der Waals surface area contributed by atoms with Crippen LogP contribution in [0.3, 0.4) is 0 Å². The van der Waals surface area contributed by atoms with Gasteiger partial charge in [-0.15, -0.1) is 12.4 Å². The summed E-state index contributed by atoms with van der Waals surface area (Å²) in [4.78, 5) is 0. The molecule has 0 radical (unpaired) electrons. The molecule has 0 unspecified atom stereocenters. The minimum atomic E-state index is -4.80. The number of nitriles is 1. The van der Waals surface area contributed by atoms with E-state index >= 15 is 0 Å². The summed E-state index contributed by atoms with van der Waals surface area (Å²) in [6.07, 6.45) is -7.48. The third-order valence-corrected chi connectivity index (χ3v) is 2.12. The van der Waals surface area contributed by atoms with Crippen molar-refractivity contribution in [1.29, 1.82) is 5.26 Å². The largest absolute Gasteiger partial charge is 0.416 e. The van der Waals surface area contributed by atoms with Crippen LogP contribution >= 0.6 is 12.4 Å². The fourth-order valence-corrected chi connectivity index (χ4v) is 1.26. The van der Waals surface area contributed by atoms with E-state index in [1.54, 1.807) is 6.07 Å². The number of aliphatic hydroxyl groups excluding tert-OH is 1. The van der Waals surface area contributed by atoms with Gasteiger partial charge in [-0.3, -0.25) is 0 Å². The number of benzene rings is 1. The van der Waals surface area contributed by atoms with Gasteiger partial charge in [-0.05, 0) is 11.6 Å². The molecule has 0 aliphatic heterocycles. The summed E-state index contributed by atoms with van der Waals surface area (Å²) in [5.41, 5.74) is 5.29. The molecule has 0 amide bonds. The molecule has 2 atom stereocenters. The zero-order valence-corrected chi connectivity index (χ0v) is 9.29. The second-order valence-corrected chi connectivity index (χ2v) is 3.21. The highest BCUT2D eigenvalue weighted by Gasteiger charge is 2.43. The van der Waals surface area contributed by atoms with Crippen LogP contribution in [0, 0.1) is 11.3 Å². The lowest BCUT2D eigenvalue weighted by Gasteiger charge is -2.22. The van der Waals surface area contributed by atoms with Crippen molar-refractivity contribution in [3.8, 4) is 6.07 Å². The van der Waals surface area contributed by atoms with E-state index in [0.717, 1.165) is 0 Å². The molecule has 0 aliphatic rings. The van der Waals surface area contributed by atoms with Gasteiger partial charge in [0.1, 0.15) is 0 Å². The molecular weight excluding hydrogens is 257 g/mol. The molecule has 0 bridgehead atoms. The smallest absolute Gasteiger partial charge is 0.382 e. The number of hydrogen-bond acceptors (Lipinski definition) is 3. The second-order valence-electron chi connectivity index (χ2n) is 3.21. The molecule has 0 aromatic heterocycles. The first-order chi connectivity index (χ1) is 7.38. The monoisotopic (exact) mass is 266 g/mol. The Kier molecular flexibility index (Phi) is 5.42. The van der Waals surface area contributed by atoms with Crippen LogP contribution in [0.15, 0.2) is 24.3 Å². The highest BCUT2D eigenvalue weighted by Crippen LogP contribution is 2.29. The van der Waals surface area contributed by atoms with Gasteiger partial charge >= 0.3 is 6.18 Å². The van der Waals surface area contributed by atoms with Crippen LogP contribution in [0.1, 0.15) is 17.2 Å². The fraction of sp³-hybridized carbons (Fsp3) is 0.300. The number of nitrogens with zero attached hydrogens (tertiary/aromatic N) is 1. The summed E-state index contributed by atoms with van der Waals surface area (Å²) < 4.78 is 36.6. The van der Waals surface area contributed by atoms with Crippen molar-refractivity contribution >= 4 is 12.4 Å². The molecule has 3 N–H and O–H groups in total. The number of alkyl halides is 3. The lowest BCUT2D eigenvalue weighted by molar-refractivity contribution is -0.210. The molecule has 1 aromatic rings. The number of nitrogens with two attached hydrogens (primary N) is 1. The molecule has 0 saturated carbocycles. The zero-order chi connectivity index (χ0) is 12.3. The first-order valence-corrected chi connectivity index (χ1v) is 4.37.